The molecule has 2 fully saturated rings. The highest BCUT2D eigenvalue weighted by Crippen LogP contribution is 2.65. The molecule has 2 aliphatic rings. The number of rotatable bonds is 4. The van der Waals surface area contributed by atoms with Gasteiger partial charge >= 0.3 is 0 Å². The van der Waals surface area contributed by atoms with E-state index in [-0.39, 0.29) is 0 Å². The van der Waals surface area contributed by atoms with Crippen LogP contribution >= 0.6 is 0 Å². The van der Waals surface area contributed by atoms with Crippen molar-refractivity contribution in [2.75, 3.05) is 0 Å². The molecule has 1 N–H and O–H groups in total. The van der Waals surface area contributed by atoms with Crippen LogP contribution in [0, 0.1) is 16.7 Å². The summed E-state index contributed by atoms with van der Waals surface area (Å²) >= 11 is 0. The Labute approximate surface area is 117 Å². The normalized spacial score (nSPS) is 37.7. The SMILES string of the molecule is CCC(NC1CC2CCC1(C)C2(C)C)c1ccco1. The van der Waals surface area contributed by atoms with Gasteiger partial charge in [-0.25, -0.2) is 0 Å². The first kappa shape index (κ1) is 13.2. The van der Waals surface area contributed by atoms with Crippen LogP contribution in [0.1, 0.15) is 65.2 Å². The van der Waals surface area contributed by atoms with Crippen LogP contribution < -0.4 is 5.32 Å². The molecule has 0 aromatic carbocycles. The zero-order valence-electron chi connectivity index (χ0n) is 12.7. The lowest BCUT2D eigenvalue weighted by molar-refractivity contribution is 0.112. The summed E-state index contributed by atoms with van der Waals surface area (Å²) in [5.41, 5.74) is 0.920. The van der Waals surface area contributed by atoms with E-state index in [4.69, 9.17) is 4.42 Å². The van der Waals surface area contributed by atoms with Crippen molar-refractivity contribution in [1.29, 1.82) is 0 Å². The fraction of sp³-hybridized carbons (Fsp3) is 0.765. The van der Waals surface area contributed by atoms with Gasteiger partial charge in [0.2, 0.25) is 0 Å². The second-order valence-corrected chi connectivity index (χ2v) is 7.31. The van der Waals surface area contributed by atoms with Crippen molar-refractivity contribution in [3.05, 3.63) is 24.2 Å². The molecule has 1 heterocycles. The summed E-state index contributed by atoms with van der Waals surface area (Å²) in [6.45, 7) is 9.67. The van der Waals surface area contributed by atoms with E-state index in [1.54, 1.807) is 6.26 Å². The lowest BCUT2D eigenvalue weighted by Crippen LogP contribution is -2.45. The van der Waals surface area contributed by atoms with E-state index in [0.29, 0.717) is 22.9 Å². The average Bonchev–Trinajstić information content (AvgIpc) is 3.01. The molecule has 2 saturated carbocycles. The first-order chi connectivity index (χ1) is 8.99. The predicted molar refractivity (Wildman–Crippen MR) is 77.9 cm³/mol. The van der Waals surface area contributed by atoms with Gasteiger partial charge in [-0.3, -0.25) is 0 Å². The Morgan fingerprint density at radius 1 is 1.42 bits per heavy atom. The molecule has 0 aliphatic heterocycles. The summed E-state index contributed by atoms with van der Waals surface area (Å²) in [5.74, 6) is 1.98. The molecule has 4 atom stereocenters. The molecule has 1 aromatic rings. The van der Waals surface area contributed by atoms with Crippen LogP contribution in [-0.2, 0) is 0 Å². The number of hydrogen-bond acceptors (Lipinski definition) is 2. The Kier molecular flexibility index (Phi) is 3.05. The van der Waals surface area contributed by atoms with Crippen LogP contribution in [0.3, 0.4) is 0 Å². The highest BCUT2D eigenvalue weighted by atomic mass is 16.3. The van der Waals surface area contributed by atoms with E-state index in [1.165, 1.54) is 19.3 Å². The molecule has 2 heteroatoms. The molecule has 3 rings (SSSR count). The van der Waals surface area contributed by atoms with Crippen molar-refractivity contribution in [3.63, 3.8) is 0 Å². The molecule has 0 spiro atoms. The summed E-state index contributed by atoms with van der Waals surface area (Å²) < 4.78 is 5.60. The number of hydrogen-bond donors (Lipinski definition) is 1. The lowest BCUT2D eigenvalue weighted by Gasteiger charge is -2.40. The standard InChI is InChI=1S/C17H27NO/c1-5-13(14-7-6-10-19-14)18-15-11-12-8-9-17(15,4)16(12,2)3/h6-7,10,12-13,15,18H,5,8-9,11H2,1-4H3. The Morgan fingerprint density at radius 2 is 2.21 bits per heavy atom. The van der Waals surface area contributed by atoms with Crippen molar-refractivity contribution < 1.29 is 4.42 Å². The first-order valence-electron chi connectivity index (χ1n) is 7.78. The van der Waals surface area contributed by atoms with Gasteiger partial charge in [0.25, 0.3) is 0 Å². The molecule has 0 radical (unpaired) electrons. The van der Waals surface area contributed by atoms with E-state index >= 15 is 0 Å². The fourth-order valence-corrected chi connectivity index (χ4v) is 4.59. The molecule has 19 heavy (non-hydrogen) atoms. The summed E-state index contributed by atoms with van der Waals surface area (Å²) in [6.07, 6.45) is 6.99. The minimum Gasteiger partial charge on any atom is -0.468 e. The second-order valence-electron chi connectivity index (χ2n) is 7.31. The van der Waals surface area contributed by atoms with Crippen LogP contribution in [0.15, 0.2) is 22.8 Å². The molecule has 106 valence electrons. The molecule has 0 amide bonds. The zero-order chi connectivity index (χ0) is 13.7. The van der Waals surface area contributed by atoms with Crippen LogP contribution in [0.25, 0.3) is 0 Å². The van der Waals surface area contributed by atoms with Crippen LogP contribution in [-0.4, -0.2) is 6.04 Å². The maximum atomic E-state index is 5.60. The maximum Gasteiger partial charge on any atom is 0.120 e. The highest BCUT2D eigenvalue weighted by molar-refractivity contribution is 5.15. The summed E-state index contributed by atoms with van der Waals surface area (Å²) in [4.78, 5) is 0. The molecule has 1 aromatic heterocycles. The van der Waals surface area contributed by atoms with Gasteiger partial charge < -0.3 is 9.73 Å². The second kappa shape index (κ2) is 4.37. The number of nitrogens with one attached hydrogen (secondary N) is 1. The van der Waals surface area contributed by atoms with Gasteiger partial charge in [0.05, 0.1) is 12.3 Å². The molecule has 4 unspecified atom stereocenters. The van der Waals surface area contributed by atoms with Gasteiger partial charge in [-0.2, -0.15) is 0 Å². The van der Waals surface area contributed by atoms with E-state index in [2.05, 4.69) is 39.1 Å². The van der Waals surface area contributed by atoms with Gasteiger partial charge in [0.1, 0.15) is 5.76 Å². The van der Waals surface area contributed by atoms with E-state index in [0.717, 1.165) is 18.1 Å². The quantitative estimate of drug-likeness (QED) is 0.861. The van der Waals surface area contributed by atoms with E-state index < -0.39 is 0 Å². The summed E-state index contributed by atoms with van der Waals surface area (Å²) in [5, 5.41) is 3.90. The highest BCUT2D eigenvalue weighted by Gasteiger charge is 2.61. The van der Waals surface area contributed by atoms with Gasteiger partial charge in [0, 0.05) is 6.04 Å². The Bertz CT molecular complexity index is 436. The van der Waals surface area contributed by atoms with Gasteiger partial charge in [-0.15, -0.1) is 0 Å². The smallest absolute Gasteiger partial charge is 0.120 e. The van der Waals surface area contributed by atoms with Crippen molar-refractivity contribution in [2.45, 2.75) is 65.5 Å². The Hall–Kier alpha value is -0.760. The summed E-state index contributed by atoms with van der Waals surface area (Å²) in [7, 11) is 0. The lowest BCUT2D eigenvalue weighted by atomic mass is 9.69. The average molecular weight is 261 g/mol. The molecule has 2 aliphatic carbocycles. The van der Waals surface area contributed by atoms with Crippen molar-refractivity contribution in [1.82, 2.24) is 5.32 Å². The van der Waals surface area contributed by atoms with Gasteiger partial charge in [-0.1, -0.05) is 27.7 Å². The monoisotopic (exact) mass is 261 g/mol. The zero-order valence-corrected chi connectivity index (χ0v) is 12.7. The van der Waals surface area contributed by atoms with Crippen molar-refractivity contribution in [3.8, 4) is 0 Å². The largest absolute Gasteiger partial charge is 0.468 e. The predicted octanol–water partition coefficient (Wildman–Crippen LogP) is 4.54. The first-order valence-corrected chi connectivity index (χ1v) is 7.78. The third kappa shape index (κ3) is 1.79. The minimum atomic E-state index is 0.368. The van der Waals surface area contributed by atoms with Crippen molar-refractivity contribution in [2.24, 2.45) is 16.7 Å². The van der Waals surface area contributed by atoms with Crippen LogP contribution in [0.2, 0.25) is 0 Å². The topological polar surface area (TPSA) is 25.2 Å². The molecule has 2 bridgehead atoms. The molecular weight excluding hydrogens is 234 g/mol. The van der Waals surface area contributed by atoms with Gasteiger partial charge in [-0.05, 0) is 54.6 Å². The molecular formula is C17H27NO. The maximum absolute atomic E-state index is 5.60. The minimum absolute atomic E-state index is 0.368. The van der Waals surface area contributed by atoms with E-state index in [1.807, 2.05) is 6.07 Å². The summed E-state index contributed by atoms with van der Waals surface area (Å²) in [6, 6.07) is 5.09. The van der Waals surface area contributed by atoms with Crippen LogP contribution in [0.4, 0.5) is 0 Å². The Balaban J connectivity index is 1.78. The Morgan fingerprint density at radius 3 is 2.68 bits per heavy atom. The third-order valence-corrected chi connectivity index (χ3v) is 6.49. The fourth-order valence-electron chi connectivity index (χ4n) is 4.59. The third-order valence-electron chi connectivity index (χ3n) is 6.49. The van der Waals surface area contributed by atoms with Gasteiger partial charge in [0.15, 0.2) is 0 Å². The molecule has 0 saturated heterocycles. The van der Waals surface area contributed by atoms with Crippen molar-refractivity contribution >= 4 is 0 Å². The van der Waals surface area contributed by atoms with E-state index in [9.17, 15) is 0 Å². The molecule has 2 nitrogen and oxygen atoms in total. The van der Waals surface area contributed by atoms with Crippen LogP contribution in [0.5, 0.6) is 0 Å². The number of fused-ring (bicyclic) bond motifs is 2. The number of furan rings is 1.